The number of ketones is 1. The van der Waals surface area contributed by atoms with E-state index >= 15 is 8.78 Å². The Morgan fingerprint density at radius 2 is 1.87 bits per heavy atom. The molecule has 1 aromatic carbocycles. The van der Waals surface area contributed by atoms with E-state index < -0.39 is 59.6 Å². The third-order valence-electron chi connectivity index (χ3n) is 9.10. The van der Waals surface area contributed by atoms with Crippen LogP contribution in [0.25, 0.3) is 11.0 Å². The molecule has 2 fully saturated rings. The van der Waals surface area contributed by atoms with Crippen molar-refractivity contribution in [2.45, 2.75) is 110 Å². The van der Waals surface area contributed by atoms with Crippen LogP contribution in [-0.2, 0) is 20.2 Å². The van der Waals surface area contributed by atoms with Gasteiger partial charge >= 0.3 is 6.09 Å². The summed E-state index contributed by atoms with van der Waals surface area (Å²) in [6.45, 7) is 10.9. The van der Waals surface area contributed by atoms with Crippen LogP contribution in [0.3, 0.4) is 0 Å². The summed E-state index contributed by atoms with van der Waals surface area (Å²) in [6.07, 6.45) is 0.145. The van der Waals surface area contributed by atoms with E-state index in [2.05, 4.69) is 15.3 Å². The molecular weight excluding hydrogens is 586 g/mol. The Balaban J connectivity index is 1.59. The molecule has 1 saturated heterocycles. The average Bonchev–Trinajstić information content (AvgIpc) is 3.59. The fraction of sp³-hybridized carbons (Fsp3) is 0.667. The van der Waals surface area contributed by atoms with Crippen LogP contribution in [0, 0.1) is 17.3 Å². The molecule has 0 unspecified atom stereocenters. The van der Waals surface area contributed by atoms with Gasteiger partial charge in [-0.15, -0.1) is 0 Å². The number of hydrogen-bond acceptors (Lipinski definition) is 8. The second-order valence-electron chi connectivity index (χ2n) is 13.6. The standard InChI is InChI=1S/C33H44F2N4O6/c1-7-21-25-17-39(26(21)18(3)40)30(41)28(32(4,5)6)38-31(42)45-24-15-19(24)11-9-10-14-33(34,35)27-29(44-25)37-23-16-20(43-8-2)12-13-22(23)36-27/h12-13,16,19,21,24-26,28H,7-11,14-15,17H2,1-6H3,(H,38,42)/t19-,21-,24-,25+,26-,28-/m1/s1. The topological polar surface area (TPSA) is 120 Å². The lowest BCUT2D eigenvalue weighted by Gasteiger charge is -2.35. The van der Waals surface area contributed by atoms with E-state index in [1.807, 2.05) is 34.6 Å². The summed E-state index contributed by atoms with van der Waals surface area (Å²) in [5.74, 6) is -4.32. The van der Waals surface area contributed by atoms with E-state index in [-0.39, 0.29) is 42.2 Å². The first kappa shape index (κ1) is 32.8. The molecule has 1 saturated carbocycles. The van der Waals surface area contributed by atoms with E-state index in [1.165, 1.54) is 11.8 Å². The molecule has 2 aliphatic heterocycles. The SMILES string of the molecule is CCOc1ccc2nc3c(nc2c1)O[C@H]1CN(C(=O)[C@H](C(C)(C)C)NC(=O)O[C@@H]2C[C@H]2CCCCC3(F)F)[C@H](C(C)=O)[C@@H]1CC. The molecule has 3 heterocycles. The number of aromatic nitrogens is 2. The number of fused-ring (bicyclic) bond motifs is 5. The molecule has 2 bridgehead atoms. The number of amides is 2. The van der Waals surface area contributed by atoms with Crippen molar-refractivity contribution >= 4 is 28.8 Å². The number of benzene rings is 1. The molecule has 45 heavy (non-hydrogen) atoms. The Morgan fingerprint density at radius 3 is 2.53 bits per heavy atom. The zero-order chi connectivity index (χ0) is 32.7. The van der Waals surface area contributed by atoms with Crippen molar-refractivity contribution in [2.24, 2.45) is 17.3 Å². The summed E-state index contributed by atoms with van der Waals surface area (Å²) >= 11 is 0. The normalized spacial score (nSPS) is 28.9. The molecule has 246 valence electrons. The highest BCUT2D eigenvalue weighted by Gasteiger charge is 2.51. The van der Waals surface area contributed by atoms with Crippen LogP contribution >= 0.6 is 0 Å². The molecule has 6 atom stereocenters. The van der Waals surface area contributed by atoms with Crippen molar-refractivity contribution < 1.29 is 37.4 Å². The van der Waals surface area contributed by atoms with Gasteiger partial charge in [-0.1, -0.05) is 34.1 Å². The van der Waals surface area contributed by atoms with Gasteiger partial charge in [-0.25, -0.2) is 14.8 Å². The van der Waals surface area contributed by atoms with Gasteiger partial charge < -0.3 is 24.4 Å². The van der Waals surface area contributed by atoms with Gasteiger partial charge in [0.05, 0.1) is 30.2 Å². The lowest BCUT2D eigenvalue weighted by molar-refractivity contribution is -0.141. The summed E-state index contributed by atoms with van der Waals surface area (Å²) < 4.78 is 49.5. The van der Waals surface area contributed by atoms with Crippen LogP contribution in [0.15, 0.2) is 18.2 Å². The molecule has 1 aliphatic carbocycles. The highest BCUT2D eigenvalue weighted by atomic mass is 19.3. The summed E-state index contributed by atoms with van der Waals surface area (Å²) in [5, 5.41) is 2.77. The summed E-state index contributed by atoms with van der Waals surface area (Å²) in [5.41, 5.74) is -0.679. The van der Waals surface area contributed by atoms with Crippen LogP contribution in [0.5, 0.6) is 11.6 Å². The van der Waals surface area contributed by atoms with Crippen molar-refractivity contribution in [1.82, 2.24) is 20.2 Å². The average molecular weight is 631 g/mol. The minimum atomic E-state index is -3.35. The van der Waals surface area contributed by atoms with Crippen LogP contribution in [0.2, 0.25) is 0 Å². The van der Waals surface area contributed by atoms with Crippen LogP contribution in [-0.4, -0.2) is 70.1 Å². The van der Waals surface area contributed by atoms with Crippen molar-refractivity contribution in [3.63, 3.8) is 0 Å². The second kappa shape index (κ2) is 12.7. The van der Waals surface area contributed by atoms with Gasteiger partial charge in [-0.2, -0.15) is 8.78 Å². The Labute approximate surface area is 262 Å². The van der Waals surface area contributed by atoms with Gasteiger partial charge in [0.2, 0.25) is 11.8 Å². The zero-order valence-electron chi connectivity index (χ0n) is 26.9. The van der Waals surface area contributed by atoms with Gasteiger partial charge in [0.1, 0.15) is 24.0 Å². The van der Waals surface area contributed by atoms with Gasteiger partial charge in [0.25, 0.3) is 5.92 Å². The minimum absolute atomic E-state index is 0.0562. The van der Waals surface area contributed by atoms with Gasteiger partial charge in [-0.3, -0.25) is 9.59 Å². The van der Waals surface area contributed by atoms with Crippen molar-refractivity contribution in [3.8, 4) is 11.6 Å². The van der Waals surface area contributed by atoms with Crippen LogP contribution in [0.4, 0.5) is 13.6 Å². The molecule has 1 N–H and O–H groups in total. The van der Waals surface area contributed by atoms with E-state index in [4.69, 9.17) is 14.2 Å². The van der Waals surface area contributed by atoms with Gasteiger partial charge in [-0.05, 0) is 63.0 Å². The van der Waals surface area contributed by atoms with Crippen LogP contribution < -0.4 is 14.8 Å². The molecule has 0 radical (unpaired) electrons. The number of nitrogens with zero attached hydrogens (tertiary/aromatic N) is 3. The number of halogens is 2. The molecule has 5 rings (SSSR count). The maximum absolute atomic E-state index is 16.0. The first-order valence-corrected chi connectivity index (χ1v) is 16.0. The Bertz CT molecular complexity index is 1450. The largest absolute Gasteiger partial charge is 0.494 e. The molecule has 1 aromatic heterocycles. The highest BCUT2D eigenvalue weighted by molar-refractivity contribution is 5.92. The van der Waals surface area contributed by atoms with Crippen molar-refractivity contribution in [1.29, 1.82) is 0 Å². The quantitative estimate of drug-likeness (QED) is 0.451. The molecule has 3 aliphatic rings. The van der Waals surface area contributed by atoms with Crippen molar-refractivity contribution in [3.05, 3.63) is 23.9 Å². The number of alkyl halides is 2. The number of Topliss-reactive ketones (excluding diaryl/α,β-unsaturated/α-hetero) is 1. The Kier molecular flexibility index (Phi) is 9.24. The lowest BCUT2D eigenvalue weighted by Crippen LogP contribution is -2.57. The molecular formula is C33H44F2N4O6. The number of nitrogens with one attached hydrogen (secondary N) is 1. The lowest BCUT2D eigenvalue weighted by atomic mass is 9.85. The zero-order valence-corrected chi connectivity index (χ0v) is 26.9. The summed E-state index contributed by atoms with van der Waals surface area (Å²) in [4.78, 5) is 50.5. The maximum atomic E-state index is 16.0. The summed E-state index contributed by atoms with van der Waals surface area (Å²) in [7, 11) is 0. The molecule has 10 nitrogen and oxygen atoms in total. The molecule has 12 heteroatoms. The minimum Gasteiger partial charge on any atom is -0.494 e. The predicted molar refractivity (Wildman–Crippen MR) is 162 cm³/mol. The van der Waals surface area contributed by atoms with Gasteiger partial charge in [0, 0.05) is 18.4 Å². The number of carbonyl (C=O) groups excluding carboxylic acids is 3. The molecule has 2 aromatic rings. The van der Waals surface area contributed by atoms with Gasteiger partial charge in [0.15, 0.2) is 11.5 Å². The van der Waals surface area contributed by atoms with Crippen molar-refractivity contribution in [2.75, 3.05) is 13.2 Å². The third kappa shape index (κ3) is 6.99. The van der Waals surface area contributed by atoms with E-state index in [0.717, 1.165) is 0 Å². The number of carbonyl (C=O) groups is 3. The number of rotatable bonds is 4. The predicted octanol–water partition coefficient (Wildman–Crippen LogP) is 5.80. The van der Waals surface area contributed by atoms with E-state index in [9.17, 15) is 14.4 Å². The summed E-state index contributed by atoms with van der Waals surface area (Å²) in [6, 6.07) is 3.00. The second-order valence-corrected chi connectivity index (χ2v) is 13.6. The van der Waals surface area contributed by atoms with E-state index in [0.29, 0.717) is 43.6 Å². The monoisotopic (exact) mass is 630 g/mol. The van der Waals surface area contributed by atoms with Crippen LogP contribution in [0.1, 0.15) is 85.8 Å². The number of alkyl carbamates (subject to hydrolysis) is 1. The Hall–Kier alpha value is -3.57. The molecule has 2 amide bonds. The highest BCUT2D eigenvalue weighted by Crippen LogP contribution is 2.43. The fourth-order valence-corrected chi connectivity index (χ4v) is 6.62. The first-order valence-electron chi connectivity index (χ1n) is 16.0. The fourth-order valence-electron chi connectivity index (χ4n) is 6.62. The molecule has 0 spiro atoms. The maximum Gasteiger partial charge on any atom is 0.408 e. The smallest absolute Gasteiger partial charge is 0.408 e. The Morgan fingerprint density at radius 1 is 1.11 bits per heavy atom. The number of hydrogen-bond donors (Lipinski definition) is 1. The number of ether oxygens (including phenoxy) is 3. The van der Waals surface area contributed by atoms with E-state index in [1.54, 1.807) is 18.2 Å². The first-order chi connectivity index (χ1) is 21.2. The third-order valence-corrected chi connectivity index (χ3v) is 9.10.